The van der Waals surface area contributed by atoms with Gasteiger partial charge in [-0.05, 0) is 36.6 Å². The van der Waals surface area contributed by atoms with E-state index in [9.17, 15) is 18.0 Å². The quantitative estimate of drug-likeness (QED) is 0.562. The Morgan fingerprint density at radius 3 is 2.53 bits per heavy atom. The van der Waals surface area contributed by atoms with Crippen LogP contribution in [-0.2, 0) is 27.8 Å². The van der Waals surface area contributed by atoms with Gasteiger partial charge in [-0.3, -0.25) is 14.2 Å². The molecule has 1 amide bonds. The number of aryl methyl sites for hydroxylation is 1. The van der Waals surface area contributed by atoms with Crippen LogP contribution in [0.15, 0.2) is 58.2 Å². The minimum absolute atomic E-state index is 0.0590. The molecule has 8 nitrogen and oxygen atoms in total. The van der Waals surface area contributed by atoms with Gasteiger partial charge in [-0.25, -0.2) is 17.7 Å². The minimum Gasteiger partial charge on any atom is -0.352 e. The highest BCUT2D eigenvalue weighted by Crippen LogP contribution is 2.34. The van der Waals surface area contributed by atoms with Gasteiger partial charge >= 0.3 is 0 Å². The Balaban J connectivity index is 1.48. The van der Waals surface area contributed by atoms with Crippen molar-refractivity contribution in [2.45, 2.75) is 43.2 Å². The maximum atomic E-state index is 12.9. The molecule has 1 fully saturated rings. The summed E-state index contributed by atoms with van der Waals surface area (Å²) in [6, 6.07) is 14.0. The molecule has 0 saturated heterocycles. The molecule has 2 aromatic carbocycles. The van der Waals surface area contributed by atoms with Gasteiger partial charge in [0.25, 0.3) is 5.56 Å². The van der Waals surface area contributed by atoms with Crippen molar-refractivity contribution in [1.29, 1.82) is 0 Å². The average Bonchev–Trinajstić information content (AvgIpc) is 3.61. The van der Waals surface area contributed by atoms with E-state index in [1.807, 2.05) is 12.1 Å². The average molecular weight is 455 g/mol. The smallest absolute Gasteiger partial charge is 0.261 e. The second kappa shape index (κ2) is 8.84. The molecule has 0 aliphatic heterocycles. The lowest BCUT2D eigenvalue weighted by Gasteiger charge is -2.16. The summed E-state index contributed by atoms with van der Waals surface area (Å²) in [7, 11) is -0.665. The van der Waals surface area contributed by atoms with Crippen LogP contribution in [0.5, 0.6) is 0 Å². The Hall–Kier alpha value is -3.04. The number of rotatable bonds is 8. The molecule has 0 bridgehead atoms. The molecule has 1 aliphatic carbocycles. The van der Waals surface area contributed by atoms with Crippen molar-refractivity contribution >= 4 is 26.8 Å². The second-order valence-corrected chi connectivity index (χ2v) is 10.2. The van der Waals surface area contributed by atoms with Crippen LogP contribution in [0.25, 0.3) is 10.9 Å². The first-order valence-electron chi connectivity index (χ1n) is 10.6. The summed E-state index contributed by atoms with van der Waals surface area (Å²) >= 11 is 0. The Bertz CT molecular complexity index is 1330. The van der Waals surface area contributed by atoms with Gasteiger partial charge in [0.2, 0.25) is 15.9 Å². The molecule has 0 atom stereocenters. The Morgan fingerprint density at radius 2 is 1.81 bits per heavy atom. The maximum Gasteiger partial charge on any atom is 0.261 e. The first kappa shape index (κ1) is 22.2. The molecule has 168 valence electrons. The van der Waals surface area contributed by atoms with Crippen molar-refractivity contribution in [2.24, 2.45) is 0 Å². The monoisotopic (exact) mass is 454 g/mol. The fourth-order valence-electron chi connectivity index (χ4n) is 3.68. The van der Waals surface area contributed by atoms with Crippen molar-refractivity contribution in [1.82, 2.24) is 19.2 Å². The molecule has 0 radical (unpaired) electrons. The predicted molar refractivity (Wildman–Crippen MR) is 122 cm³/mol. The number of hydrogen-bond acceptors (Lipinski definition) is 5. The van der Waals surface area contributed by atoms with E-state index in [-0.39, 0.29) is 35.4 Å². The highest BCUT2D eigenvalue weighted by atomic mass is 32.2. The van der Waals surface area contributed by atoms with E-state index in [1.54, 1.807) is 34.9 Å². The molecule has 0 spiro atoms. The summed E-state index contributed by atoms with van der Waals surface area (Å²) < 4.78 is 27.9. The number of nitrogens with one attached hydrogen (secondary N) is 1. The summed E-state index contributed by atoms with van der Waals surface area (Å²) in [5.41, 5.74) is 1.09. The molecule has 1 aromatic heterocycles. The summed E-state index contributed by atoms with van der Waals surface area (Å²) in [4.78, 5) is 30.3. The molecule has 4 rings (SSSR count). The van der Waals surface area contributed by atoms with Crippen LogP contribution < -0.4 is 10.9 Å². The first-order chi connectivity index (χ1) is 15.3. The van der Waals surface area contributed by atoms with E-state index in [0.29, 0.717) is 28.7 Å². The molecule has 1 heterocycles. The van der Waals surface area contributed by atoms with Gasteiger partial charge in [0.15, 0.2) is 0 Å². The normalized spacial score (nSPS) is 14.1. The lowest BCUT2D eigenvalue weighted by molar-refractivity contribution is -0.121. The number of nitrogens with zero attached hydrogens (tertiary/aromatic N) is 3. The van der Waals surface area contributed by atoms with Gasteiger partial charge in [-0.1, -0.05) is 30.3 Å². The molecular weight excluding hydrogens is 428 g/mol. The lowest BCUT2D eigenvalue weighted by Crippen LogP contribution is -2.28. The summed E-state index contributed by atoms with van der Waals surface area (Å²) in [6.45, 7) is 0.0999. The molecule has 0 unspecified atom stereocenters. The van der Waals surface area contributed by atoms with Crippen LogP contribution in [0.4, 0.5) is 0 Å². The molecule has 1 aliphatic rings. The Morgan fingerprint density at radius 1 is 1.12 bits per heavy atom. The van der Waals surface area contributed by atoms with Gasteiger partial charge < -0.3 is 5.32 Å². The zero-order chi connectivity index (χ0) is 22.9. The molecule has 3 aromatic rings. The van der Waals surface area contributed by atoms with Gasteiger partial charge in [0.05, 0.1) is 15.8 Å². The number of amides is 1. The molecule has 32 heavy (non-hydrogen) atoms. The number of benzene rings is 2. The summed E-state index contributed by atoms with van der Waals surface area (Å²) in [5, 5.41) is 3.39. The van der Waals surface area contributed by atoms with Crippen LogP contribution >= 0.6 is 0 Å². The topological polar surface area (TPSA) is 101 Å². The van der Waals surface area contributed by atoms with Crippen LogP contribution in [0.2, 0.25) is 0 Å². The van der Waals surface area contributed by atoms with Gasteiger partial charge in [-0.15, -0.1) is 0 Å². The van der Waals surface area contributed by atoms with E-state index < -0.39 is 10.0 Å². The molecular formula is C23H26N4O4S. The van der Waals surface area contributed by atoms with E-state index in [0.717, 1.165) is 17.1 Å². The van der Waals surface area contributed by atoms with E-state index in [2.05, 4.69) is 10.3 Å². The fraction of sp³-hybridized carbons (Fsp3) is 0.348. The van der Waals surface area contributed by atoms with E-state index in [4.69, 9.17) is 0 Å². The van der Waals surface area contributed by atoms with Crippen LogP contribution in [-0.4, -0.2) is 42.3 Å². The third-order valence-corrected chi connectivity index (χ3v) is 7.49. The highest BCUT2D eigenvalue weighted by Gasteiger charge is 2.28. The van der Waals surface area contributed by atoms with Gasteiger partial charge in [-0.2, -0.15) is 0 Å². The van der Waals surface area contributed by atoms with Crippen molar-refractivity contribution in [3.8, 4) is 0 Å². The van der Waals surface area contributed by atoms with Crippen LogP contribution in [0.3, 0.4) is 0 Å². The van der Waals surface area contributed by atoms with E-state index in [1.165, 1.54) is 20.2 Å². The summed E-state index contributed by atoms with van der Waals surface area (Å²) in [5.74, 6) is 0.383. The standard InChI is InChI=1S/C23H26N4O4S/c1-26(2)32(30,31)20-10-6-3-7-16(20)15-24-22(28)14-13-21-25-19-9-5-4-8-18(19)23(29)27(21)17-11-12-17/h3-10,17H,11-15H2,1-2H3,(H,24,28). The third kappa shape index (κ3) is 4.44. The van der Waals surface area contributed by atoms with Crippen molar-refractivity contribution in [3.63, 3.8) is 0 Å². The largest absolute Gasteiger partial charge is 0.352 e. The Labute approximate surface area is 186 Å². The number of carbonyl (C=O) groups is 1. The van der Waals surface area contributed by atoms with Crippen molar-refractivity contribution in [2.75, 3.05) is 14.1 Å². The zero-order valence-electron chi connectivity index (χ0n) is 18.1. The minimum atomic E-state index is -3.61. The molecule has 1 N–H and O–H groups in total. The number of aromatic nitrogens is 2. The van der Waals surface area contributed by atoms with Crippen molar-refractivity contribution < 1.29 is 13.2 Å². The SMILES string of the molecule is CN(C)S(=O)(=O)c1ccccc1CNC(=O)CCc1nc2ccccc2c(=O)n1C1CC1. The van der Waals surface area contributed by atoms with Crippen LogP contribution in [0, 0.1) is 0 Å². The fourth-order valence-corrected chi connectivity index (χ4v) is 4.80. The van der Waals surface area contributed by atoms with Gasteiger partial charge in [0, 0.05) is 39.5 Å². The second-order valence-electron chi connectivity index (χ2n) is 8.12. The first-order valence-corrected chi connectivity index (χ1v) is 12.0. The third-order valence-electron chi connectivity index (χ3n) is 5.58. The van der Waals surface area contributed by atoms with E-state index >= 15 is 0 Å². The highest BCUT2D eigenvalue weighted by molar-refractivity contribution is 7.89. The molecule has 1 saturated carbocycles. The Kier molecular flexibility index (Phi) is 6.12. The number of para-hydroxylation sites is 1. The van der Waals surface area contributed by atoms with Crippen molar-refractivity contribution in [3.05, 3.63) is 70.3 Å². The number of sulfonamides is 1. The predicted octanol–water partition coefficient (Wildman–Crippen LogP) is 2.23. The maximum absolute atomic E-state index is 12.9. The number of hydrogen-bond donors (Lipinski definition) is 1. The number of fused-ring (bicyclic) bond motifs is 1. The molecule has 9 heteroatoms. The van der Waals surface area contributed by atoms with Gasteiger partial charge in [0.1, 0.15) is 5.82 Å². The zero-order valence-corrected chi connectivity index (χ0v) is 18.9. The lowest BCUT2D eigenvalue weighted by atomic mass is 10.2. The number of carbonyl (C=O) groups excluding carboxylic acids is 1. The summed E-state index contributed by atoms with van der Waals surface area (Å²) in [6.07, 6.45) is 2.37. The van der Waals surface area contributed by atoms with Crippen LogP contribution in [0.1, 0.15) is 36.7 Å².